The molecular formula is C15H26N6S. The van der Waals surface area contributed by atoms with Crippen molar-refractivity contribution in [1.82, 2.24) is 20.2 Å². The number of rotatable bonds is 8. The molecule has 122 valence electrons. The van der Waals surface area contributed by atoms with Crippen molar-refractivity contribution in [2.45, 2.75) is 45.4 Å². The fourth-order valence-electron chi connectivity index (χ4n) is 2.25. The van der Waals surface area contributed by atoms with Gasteiger partial charge in [0.1, 0.15) is 0 Å². The molecule has 0 radical (unpaired) electrons. The second kappa shape index (κ2) is 10.1. The molecule has 22 heavy (non-hydrogen) atoms. The van der Waals surface area contributed by atoms with E-state index < -0.39 is 0 Å². The number of aromatic nitrogens is 2. The Balaban J connectivity index is 2.37. The molecule has 0 spiro atoms. The first kappa shape index (κ1) is 18.4. The minimum atomic E-state index is 0.511. The molecule has 1 heterocycles. The molecule has 6 nitrogen and oxygen atoms in total. The van der Waals surface area contributed by atoms with Gasteiger partial charge >= 0.3 is 0 Å². The standard InChI is InChI=1S/C15H26N6S/c1-5-6-12(2)21-11-20-14(13(21)3)9-22-8-7-18-15(17-4)19-10-16/h11-12H,5-9H2,1-4H3,(H2,17,18,19). The van der Waals surface area contributed by atoms with Gasteiger partial charge in [-0.3, -0.25) is 0 Å². The van der Waals surface area contributed by atoms with Crippen molar-refractivity contribution in [3.8, 4) is 6.19 Å². The summed E-state index contributed by atoms with van der Waals surface area (Å²) < 4.78 is 2.27. The van der Waals surface area contributed by atoms with Crippen LogP contribution in [0.4, 0.5) is 0 Å². The SMILES string of the molecule is CCCC(C)n1cnc(CSCCN/C(=N\C#N)NC)c1C. The number of thioether (sulfide) groups is 1. The molecule has 0 aliphatic carbocycles. The van der Waals surface area contributed by atoms with Crippen LogP contribution in [-0.2, 0) is 5.75 Å². The Labute approximate surface area is 137 Å². The molecule has 2 N–H and O–H groups in total. The van der Waals surface area contributed by atoms with Gasteiger partial charge in [0.25, 0.3) is 0 Å². The lowest BCUT2D eigenvalue weighted by Crippen LogP contribution is -2.35. The number of hydrogen-bond donors (Lipinski definition) is 2. The molecule has 0 saturated carbocycles. The smallest absolute Gasteiger partial charge is 0.209 e. The third-order valence-electron chi connectivity index (χ3n) is 3.50. The summed E-state index contributed by atoms with van der Waals surface area (Å²) in [5.74, 6) is 2.35. The zero-order chi connectivity index (χ0) is 16.4. The van der Waals surface area contributed by atoms with Gasteiger partial charge in [-0.1, -0.05) is 13.3 Å². The molecule has 1 aromatic rings. The van der Waals surface area contributed by atoms with Gasteiger partial charge < -0.3 is 15.2 Å². The Morgan fingerprint density at radius 2 is 2.36 bits per heavy atom. The number of hydrogen-bond acceptors (Lipinski definition) is 4. The van der Waals surface area contributed by atoms with Crippen LogP contribution < -0.4 is 10.6 Å². The van der Waals surface area contributed by atoms with Crippen LogP contribution in [0.25, 0.3) is 0 Å². The zero-order valence-electron chi connectivity index (χ0n) is 13.9. The molecule has 0 aromatic carbocycles. The summed E-state index contributed by atoms with van der Waals surface area (Å²) in [7, 11) is 1.74. The van der Waals surface area contributed by atoms with Crippen LogP contribution >= 0.6 is 11.8 Å². The van der Waals surface area contributed by atoms with Gasteiger partial charge in [-0.2, -0.15) is 17.0 Å². The molecular weight excluding hydrogens is 296 g/mol. The molecule has 0 fully saturated rings. The lowest BCUT2D eigenvalue weighted by Gasteiger charge is -2.14. The normalized spacial score (nSPS) is 12.8. The van der Waals surface area contributed by atoms with Crippen molar-refractivity contribution in [2.24, 2.45) is 4.99 Å². The van der Waals surface area contributed by atoms with Crippen LogP contribution in [0.5, 0.6) is 0 Å². The highest BCUT2D eigenvalue weighted by Crippen LogP contribution is 2.20. The Morgan fingerprint density at radius 3 is 3.00 bits per heavy atom. The van der Waals surface area contributed by atoms with Crippen molar-refractivity contribution in [3.63, 3.8) is 0 Å². The first-order valence-corrected chi connectivity index (χ1v) is 8.77. The average Bonchev–Trinajstić information content (AvgIpc) is 2.87. The highest BCUT2D eigenvalue weighted by atomic mass is 32.2. The minimum absolute atomic E-state index is 0.511. The van der Waals surface area contributed by atoms with Crippen molar-refractivity contribution in [2.75, 3.05) is 19.3 Å². The maximum Gasteiger partial charge on any atom is 0.209 e. The van der Waals surface area contributed by atoms with Crippen LogP contribution in [-0.4, -0.2) is 34.9 Å². The predicted octanol–water partition coefficient (Wildman–Crippen LogP) is 2.43. The van der Waals surface area contributed by atoms with E-state index in [9.17, 15) is 0 Å². The van der Waals surface area contributed by atoms with Gasteiger partial charge in [-0.25, -0.2) is 4.98 Å². The lowest BCUT2D eigenvalue weighted by atomic mass is 10.2. The molecule has 1 atom stereocenters. The van der Waals surface area contributed by atoms with Gasteiger partial charge in [0, 0.05) is 36.8 Å². The van der Waals surface area contributed by atoms with Gasteiger partial charge in [-0.05, 0) is 20.3 Å². The number of guanidine groups is 1. The fraction of sp³-hybridized carbons (Fsp3) is 0.667. The summed E-state index contributed by atoms with van der Waals surface area (Å²) in [5.41, 5.74) is 2.43. The topological polar surface area (TPSA) is 78.0 Å². The maximum absolute atomic E-state index is 8.50. The number of nitriles is 1. The minimum Gasteiger partial charge on any atom is -0.359 e. The van der Waals surface area contributed by atoms with E-state index in [4.69, 9.17) is 5.26 Å². The highest BCUT2D eigenvalue weighted by Gasteiger charge is 2.11. The van der Waals surface area contributed by atoms with Crippen molar-refractivity contribution >= 4 is 17.7 Å². The van der Waals surface area contributed by atoms with Crippen molar-refractivity contribution < 1.29 is 0 Å². The van der Waals surface area contributed by atoms with Crippen LogP contribution in [0.1, 0.15) is 44.1 Å². The van der Waals surface area contributed by atoms with Crippen LogP contribution in [0.15, 0.2) is 11.3 Å². The lowest BCUT2D eigenvalue weighted by molar-refractivity contribution is 0.491. The van der Waals surface area contributed by atoms with E-state index in [1.165, 1.54) is 18.5 Å². The van der Waals surface area contributed by atoms with Crippen LogP contribution in [0.2, 0.25) is 0 Å². The molecule has 0 amide bonds. The fourth-order valence-corrected chi connectivity index (χ4v) is 3.12. The number of nitrogens with one attached hydrogen (secondary N) is 2. The maximum atomic E-state index is 8.50. The van der Waals surface area contributed by atoms with Crippen molar-refractivity contribution in [3.05, 3.63) is 17.7 Å². The largest absolute Gasteiger partial charge is 0.359 e. The Hall–Kier alpha value is -1.68. The molecule has 0 bridgehead atoms. The van der Waals surface area contributed by atoms with Crippen molar-refractivity contribution in [1.29, 1.82) is 5.26 Å². The number of imidazole rings is 1. The van der Waals surface area contributed by atoms with E-state index in [2.05, 4.69) is 45.9 Å². The first-order valence-electron chi connectivity index (χ1n) is 7.62. The third-order valence-corrected chi connectivity index (χ3v) is 4.47. The van der Waals surface area contributed by atoms with E-state index >= 15 is 0 Å². The molecule has 1 rings (SSSR count). The van der Waals surface area contributed by atoms with Crippen LogP contribution in [0, 0.1) is 18.4 Å². The monoisotopic (exact) mass is 322 g/mol. The summed E-state index contributed by atoms with van der Waals surface area (Å²) in [6, 6.07) is 0.512. The predicted molar refractivity (Wildman–Crippen MR) is 92.9 cm³/mol. The van der Waals surface area contributed by atoms with Gasteiger partial charge in [0.15, 0.2) is 0 Å². The summed E-state index contributed by atoms with van der Waals surface area (Å²) in [5, 5.41) is 14.4. The summed E-state index contributed by atoms with van der Waals surface area (Å²) in [6.07, 6.45) is 6.09. The van der Waals surface area contributed by atoms with E-state index in [0.29, 0.717) is 12.0 Å². The second-order valence-corrected chi connectivity index (χ2v) is 6.22. The van der Waals surface area contributed by atoms with Gasteiger partial charge in [-0.15, -0.1) is 4.99 Å². The van der Waals surface area contributed by atoms with Crippen LogP contribution in [0.3, 0.4) is 0 Å². The highest BCUT2D eigenvalue weighted by molar-refractivity contribution is 7.98. The quantitative estimate of drug-likeness (QED) is 0.333. The first-order chi connectivity index (χ1) is 10.6. The van der Waals surface area contributed by atoms with E-state index in [1.54, 1.807) is 13.2 Å². The Kier molecular flexibility index (Phi) is 8.44. The molecule has 7 heteroatoms. The molecule has 1 aromatic heterocycles. The zero-order valence-corrected chi connectivity index (χ0v) is 14.7. The average molecular weight is 322 g/mol. The molecule has 0 saturated heterocycles. The van der Waals surface area contributed by atoms with E-state index in [-0.39, 0.29) is 0 Å². The number of aliphatic imine (C=N–C) groups is 1. The third kappa shape index (κ3) is 5.60. The molecule has 1 unspecified atom stereocenters. The summed E-state index contributed by atoms with van der Waals surface area (Å²) >= 11 is 1.83. The Morgan fingerprint density at radius 1 is 1.59 bits per heavy atom. The van der Waals surface area contributed by atoms with Gasteiger partial charge in [0.05, 0.1) is 12.0 Å². The molecule has 0 aliphatic rings. The van der Waals surface area contributed by atoms with Gasteiger partial charge in [0.2, 0.25) is 12.2 Å². The van der Waals surface area contributed by atoms with E-state index in [0.717, 1.165) is 23.7 Å². The summed E-state index contributed by atoms with van der Waals surface area (Å²) in [4.78, 5) is 8.17. The van der Waals surface area contributed by atoms with E-state index in [1.807, 2.05) is 18.1 Å². The second-order valence-electron chi connectivity index (χ2n) is 5.11. The number of nitrogens with zero attached hydrogens (tertiary/aromatic N) is 4. The summed E-state index contributed by atoms with van der Waals surface area (Å²) in [6.45, 7) is 7.36. The Bertz CT molecular complexity index is 517. The molecule has 0 aliphatic heterocycles.